The van der Waals surface area contributed by atoms with E-state index in [1.54, 1.807) is 44.2 Å². The maximum atomic E-state index is 15.2. The molecule has 0 spiro atoms. The maximum Gasteiger partial charge on any atom is 0.280 e. The Morgan fingerprint density at radius 2 is 2.00 bits per heavy atom. The van der Waals surface area contributed by atoms with Crippen LogP contribution in [0.5, 0.6) is 0 Å². The van der Waals surface area contributed by atoms with Gasteiger partial charge < -0.3 is 10.1 Å². The van der Waals surface area contributed by atoms with Gasteiger partial charge in [0.1, 0.15) is 11.3 Å². The highest BCUT2D eigenvalue weighted by Gasteiger charge is 2.33. The summed E-state index contributed by atoms with van der Waals surface area (Å²) in [4.78, 5) is 13.8. The summed E-state index contributed by atoms with van der Waals surface area (Å²) in [6, 6.07) is 12.5. The lowest BCUT2D eigenvalue weighted by molar-refractivity contribution is 0.0133. The Bertz CT molecular complexity index is 953. The van der Waals surface area contributed by atoms with Crippen molar-refractivity contribution in [2.75, 3.05) is 12.4 Å². The zero-order valence-corrected chi connectivity index (χ0v) is 16.7. The number of nitrogens with zero attached hydrogens (tertiary/aromatic N) is 2. The summed E-state index contributed by atoms with van der Waals surface area (Å²) in [7, 11) is 1.43. The number of anilines is 1. The van der Waals surface area contributed by atoms with E-state index in [-0.39, 0.29) is 11.5 Å². The van der Waals surface area contributed by atoms with Crippen molar-refractivity contribution >= 4 is 34.7 Å². The van der Waals surface area contributed by atoms with Crippen molar-refractivity contribution in [2.24, 2.45) is 0 Å². The van der Waals surface area contributed by atoms with E-state index in [1.165, 1.54) is 18.4 Å². The molecule has 0 aliphatic carbocycles. The predicted octanol–water partition coefficient (Wildman–Crippen LogP) is 5.08. The Hall–Kier alpha value is -2.22. The molecule has 0 unspecified atom stereocenters. The lowest BCUT2D eigenvalue weighted by Crippen LogP contribution is -2.39. The van der Waals surface area contributed by atoms with Crippen molar-refractivity contribution < 1.29 is 13.9 Å². The molecule has 3 rings (SSSR count). The molecule has 0 amide bonds. The minimum Gasteiger partial charge on any atom is -0.369 e. The van der Waals surface area contributed by atoms with Crippen molar-refractivity contribution in [1.82, 2.24) is 9.78 Å². The first-order chi connectivity index (χ1) is 12.8. The Kier molecular flexibility index (Phi) is 5.64. The molecule has 0 atom stereocenters. The third-order valence-electron chi connectivity index (χ3n) is 4.15. The van der Waals surface area contributed by atoms with Crippen molar-refractivity contribution in [1.29, 1.82) is 0 Å². The number of hydrogen-bond donors (Lipinski definition) is 1. The third-order valence-corrected chi connectivity index (χ3v) is 5.38. The number of benzene rings is 1. The second-order valence-corrected chi connectivity index (χ2v) is 8.17. The first kappa shape index (κ1) is 19.5. The van der Waals surface area contributed by atoms with Gasteiger partial charge in [0.2, 0.25) is 0 Å². The van der Waals surface area contributed by atoms with Crippen LogP contribution in [-0.4, -0.2) is 28.4 Å². The van der Waals surface area contributed by atoms with E-state index in [0.29, 0.717) is 16.4 Å². The van der Waals surface area contributed by atoms with Gasteiger partial charge in [-0.25, -0.2) is 4.39 Å². The number of halogens is 2. The van der Waals surface area contributed by atoms with Gasteiger partial charge in [-0.15, -0.1) is 11.3 Å². The van der Waals surface area contributed by atoms with Crippen molar-refractivity contribution in [3.63, 3.8) is 0 Å². The lowest BCUT2D eigenvalue weighted by Gasteiger charge is -2.21. The Labute approximate surface area is 165 Å². The van der Waals surface area contributed by atoms with Gasteiger partial charge in [-0.1, -0.05) is 41.9 Å². The number of aromatic nitrogens is 2. The quantitative estimate of drug-likeness (QED) is 0.619. The van der Waals surface area contributed by atoms with Crippen LogP contribution in [0.4, 0.5) is 10.2 Å². The van der Waals surface area contributed by atoms with Crippen LogP contribution in [0.25, 0.3) is 11.3 Å². The van der Waals surface area contributed by atoms with Crippen LogP contribution >= 0.6 is 22.9 Å². The van der Waals surface area contributed by atoms with Gasteiger partial charge in [0, 0.05) is 17.6 Å². The SMILES string of the molecule is COC(C)(C)C(=O)n1nc(-c2ccccc2)c(F)c1NCc1ccc(Cl)s1. The van der Waals surface area contributed by atoms with Crippen LogP contribution in [0.15, 0.2) is 42.5 Å². The average Bonchev–Trinajstić information content (AvgIpc) is 3.23. The highest BCUT2D eigenvalue weighted by Crippen LogP contribution is 2.30. The second kappa shape index (κ2) is 7.80. The smallest absolute Gasteiger partial charge is 0.280 e. The van der Waals surface area contributed by atoms with E-state index >= 15 is 4.39 Å². The van der Waals surface area contributed by atoms with Crippen LogP contribution in [-0.2, 0) is 11.3 Å². The fourth-order valence-electron chi connectivity index (χ4n) is 2.44. The Morgan fingerprint density at radius 3 is 2.59 bits per heavy atom. The van der Waals surface area contributed by atoms with Gasteiger partial charge >= 0.3 is 0 Å². The Balaban J connectivity index is 2.02. The number of carbonyl (C=O) groups excluding carboxylic acids is 1. The second-order valence-electron chi connectivity index (χ2n) is 6.37. The van der Waals surface area contributed by atoms with Crippen molar-refractivity contribution in [2.45, 2.75) is 26.0 Å². The van der Waals surface area contributed by atoms with E-state index in [1.807, 2.05) is 12.1 Å². The number of thiophene rings is 1. The molecule has 5 nitrogen and oxygen atoms in total. The van der Waals surface area contributed by atoms with E-state index in [9.17, 15) is 4.79 Å². The molecule has 3 aromatic rings. The first-order valence-corrected chi connectivity index (χ1v) is 9.45. The molecule has 0 radical (unpaired) electrons. The number of hydrogen-bond acceptors (Lipinski definition) is 5. The summed E-state index contributed by atoms with van der Waals surface area (Å²) < 4.78 is 22.1. The van der Waals surface area contributed by atoms with Crippen LogP contribution in [0.3, 0.4) is 0 Å². The van der Waals surface area contributed by atoms with Gasteiger partial charge in [-0.05, 0) is 26.0 Å². The third kappa shape index (κ3) is 4.05. The zero-order valence-electron chi connectivity index (χ0n) is 15.1. The minimum absolute atomic E-state index is 0.00602. The van der Waals surface area contributed by atoms with Gasteiger partial charge in [-0.3, -0.25) is 4.79 Å². The molecule has 0 bridgehead atoms. The summed E-state index contributed by atoms with van der Waals surface area (Å²) in [5, 5.41) is 7.22. The largest absolute Gasteiger partial charge is 0.369 e. The summed E-state index contributed by atoms with van der Waals surface area (Å²) in [6.45, 7) is 3.54. The van der Waals surface area contributed by atoms with E-state index in [0.717, 1.165) is 9.56 Å². The fraction of sp³-hybridized carbons (Fsp3) is 0.263. The van der Waals surface area contributed by atoms with Gasteiger partial charge in [0.25, 0.3) is 5.91 Å². The molecule has 27 heavy (non-hydrogen) atoms. The van der Waals surface area contributed by atoms with E-state index < -0.39 is 17.3 Å². The van der Waals surface area contributed by atoms with Crippen LogP contribution in [0.1, 0.15) is 23.5 Å². The Morgan fingerprint density at radius 1 is 1.30 bits per heavy atom. The summed E-state index contributed by atoms with van der Waals surface area (Å²) >= 11 is 7.33. The summed E-state index contributed by atoms with van der Waals surface area (Å²) in [5.41, 5.74) is -0.476. The zero-order chi connectivity index (χ0) is 19.6. The highest BCUT2D eigenvalue weighted by molar-refractivity contribution is 7.16. The number of ether oxygens (including phenoxy) is 1. The monoisotopic (exact) mass is 407 g/mol. The van der Waals surface area contributed by atoms with Crippen molar-refractivity contribution in [3.8, 4) is 11.3 Å². The highest BCUT2D eigenvalue weighted by atomic mass is 35.5. The molecule has 142 valence electrons. The predicted molar refractivity (Wildman–Crippen MR) is 106 cm³/mol. The normalized spacial score (nSPS) is 11.6. The summed E-state index contributed by atoms with van der Waals surface area (Å²) in [6.07, 6.45) is 0. The number of methoxy groups -OCH3 is 1. The van der Waals surface area contributed by atoms with Crippen LogP contribution in [0.2, 0.25) is 4.34 Å². The molecule has 0 saturated carbocycles. The molecule has 8 heteroatoms. The molecule has 0 aliphatic rings. The van der Waals surface area contributed by atoms with Gasteiger partial charge in [0.05, 0.1) is 10.9 Å². The molecule has 0 aliphatic heterocycles. The minimum atomic E-state index is -1.16. The van der Waals surface area contributed by atoms with Gasteiger partial charge in [0.15, 0.2) is 11.6 Å². The molecule has 0 fully saturated rings. The fourth-order valence-corrected chi connectivity index (χ4v) is 3.47. The first-order valence-electron chi connectivity index (χ1n) is 8.25. The van der Waals surface area contributed by atoms with Gasteiger partial charge in [-0.2, -0.15) is 9.78 Å². The van der Waals surface area contributed by atoms with Crippen LogP contribution < -0.4 is 5.32 Å². The molecule has 1 aromatic carbocycles. The molecule has 1 N–H and O–H groups in total. The topological polar surface area (TPSA) is 56.2 Å². The number of nitrogens with one attached hydrogen (secondary N) is 1. The molecule has 2 aromatic heterocycles. The van der Waals surface area contributed by atoms with E-state index in [2.05, 4.69) is 10.4 Å². The molecular formula is C19H19ClFN3O2S. The molecule has 2 heterocycles. The van der Waals surface area contributed by atoms with Crippen LogP contribution in [0, 0.1) is 5.82 Å². The average molecular weight is 408 g/mol. The number of carbonyl (C=O) groups is 1. The van der Waals surface area contributed by atoms with E-state index in [4.69, 9.17) is 16.3 Å². The summed E-state index contributed by atoms with van der Waals surface area (Å²) in [5.74, 6) is -1.07. The molecular weight excluding hydrogens is 389 g/mol. The maximum absolute atomic E-state index is 15.2. The number of rotatable bonds is 6. The van der Waals surface area contributed by atoms with Crippen molar-refractivity contribution in [3.05, 3.63) is 57.5 Å². The lowest BCUT2D eigenvalue weighted by atomic mass is 10.1. The standard InChI is InChI=1S/C19H19ClFN3O2S/c1-19(2,26-3)18(25)24-17(22-11-13-9-10-14(20)27-13)15(21)16(23-24)12-7-5-4-6-8-12/h4-10,22H,11H2,1-3H3. The molecule has 0 saturated heterocycles.